The Bertz CT molecular complexity index is 279. The molecule has 5 heteroatoms. The summed E-state index contributed by atoms with van der Waals surface area (Å²) >= 11 is 0. The van der Waals surface area contributed by atoms with Crippen LogP contribution in [0, 0.1) is 0 Å². The van der Waals surface area contributed by atoms with Crippen molar-refractivity contribution in [3.63, 3.8) is 0 Å². The molecule has 18 heavy (non-hydrogen) atoms. The van der Waals surface area contributed by atoms with Gasteiger partial charge in [-0.3, -0.25) is 4.79 Å². The van der Waals surface area contributed by atoms with E-state index in [4.69, 9.17) is 9.84 Å². The number of morpholine rings is 1. The Labute approximate surface area is 109 Å². The summed E-state index contributed by atoms with van der Waals surface area (Å²) in [6.45, 7) is 6.17. The third kappa shape index (κ3) is 3.43. The second-order valence-electron chi connectivity index (χ2n) is 5.33. The average Bonchev–Trinajstić information content (AvgIpc) is 2.89. The third-order valence-electron chi connectivity index (χ3n) is 3.87. The Balaban J connectivity index is 1.78. The molecule has 5 nitrogen and oxygen atoms in total. The van der Waals surface area contributed by atoms with Crippen LogP contribution in [0.15, 0.2) is 0 Å². The predicted octanol–water partition coefficient (Wildman–Crippen LogP) is 0.0805. The Morgan fingerprint density at radius 2 is 2.11 bits per heavy atom. The summed E-state index contributed by atoms with van der Waals surface area (Å²) in [5.74, 6) is 0.191. The van der Waals surface area contributed by atoms with Crippen molar-refractivity contribution in [1.29, 1.82) is 0 Å². The zero-order valence-electron chi connectivity index (χ0n) is 11.2. The van der Waals surface area contributed by atoms with Crippen LogP contribution in [0.5, 0.6) is 0 Å². The second kappa shape index (κ2) is 6.50. The molecule has 0 aromatic carbocycles. The van der Waals surface area contributed by atoms with E-state index < -0.39 is 0 Å². The summed E-state index contributed by atoms with van der Waals surface area (Å²) in [7, 11) is 0. The number of carbonyl (C=O) groups is 1. The molecule has 0 spiro atoms. The van der Waals surface area contributed by atoms with Gasteiger partial charge in [0.25, 0.3) is 0 Å². The van der Waals surface area contributed by atoms with Gasteiger partial charge in [0.05, 0.1) is 25.4 Å². The first-order chi connectivity index (χ1) is 8.70. The maximum Gasteiger partial charge on any atom is 0.224 e. The smallest absolute Gasteiger partial charge is 0.224 e. The summed E-state index contributed by atoms with van der Waals surface area (Å²) in [4.78, 5) is 16.4. The molecule has 2 unspecified atom stereocenters. The van der Waals surface area contributed by atoms with Crippen molar-refractivity contribution in [1.82, 2.24) is 9.80 Å². The quantitative estimate of drug-likeness (QED) is 0.774. The number of likely N-dealkylation sites (tertiary alicyclic amines) is 1. The number of aliphatic hydroxyl groups excluding tert-OH is 1. The molecule has 2 aliphatic heterocycles. The van der Waals surface area contributed by atoms with Crippen molar-refractivity contribution in [3.8, 4) is 0 Å². The molecule has 0 radical (unpaired) electrons. The molecule has 2 saturated heterocycles. The Morgan fingerprint density at radius 1 is 1.39 bits per heavy atom. The molecule has 0 aromatic rings. The van der Waals surface area contributed by atoms with Gasteiger partial charge < -0.3 is 19.6 Å². The largest absolute Gasteiger partial charge is 0.394 e. The van der Waals surface area contributed by atoms with Gasteiger partial charge in [-0.25, -0.2) is 0 Å². The molecule has 2 heterocycles. The number of amides is 1. The van der Waals surface area contributed by atoms with E-state index in [-0.39, 0.29) is 24.7 Å². The van der Waals surface area contributed by atoms with Crippen molar-refractivity contribution >= 4 is 5.91 Å². The lowest BCUT2D eigenvalue weighted by Gasteiger charge is -2.37. The molecule has 2 atom stereocenters. The van der Waals surface area contributed by atoms with E-state index in [1.54, 1.807) is 0 Å². The maximum absolute atomic E-state index is 12.2. The van der Waals surface area contributed by atoms with Crippen LogP contribution >= 0.6 is 0 Å². The van der Waals surface area contributed by atoms with Crippen LogP contribution < -0.4 is 0 Å². The highest BCUT2D eigenvalue weighted by Crippen LogP contribution is 2.14. The fourth-order valence-corrected chi connectivity index (χ4v) is 2.68. The predicted molar refractivity (Wildman–Crippen MR) is 68.3 cm³/mol. The summed E-state index contributed by atoms with van der Waals surface area (Å²) in [6, 6.07) is 0.124. The summed E-state index contributed by atoms with van der Waals surface area (Å²) < 4.78 is 5.44. The summed E-state index contributed by atoms with van der Waals surface area (Å²) in [6.07, 6.45) is 2.89. The summed E-state index contributed by atoms with van der Waals surface area (Å²) in [5.41, 5.74) is 0. The molecule has 0 saturated carbocycles. The Kier molecular flexibility index (Phi) is 4.97. The number of hydrogen-bond donors (Lipinski definition) is 1. The van der Waals surface area contributed by atoms with Gasteiger partial charge in [0.2, 0.25) is 5.91 Å². The monoisotopic (exact) mass is 256 g/mol. The van der Waals surface area contributed by atoms with Crippen LogP contribution in [-0.4, -0.2) is 72.4 Å². The lowest BCUT2D eigenvalue weighted by molar-refractivity contribution is -0.146. The molecule has 0 aromatic heterocycles. The minimum absolute atomic E-state index is 0.0113. The molecular weight excluding hydrogens is 232 g/mol. The molecule has 2 rings (SSSR count). The van der Waals surface area contributed by atoms with Crippen molar-refractivity contribution in [2.45, 2.75) is 38.3 Å². The number of carbonyl (C=O) groups excluding carboxylic acids is 1. The Hall–Kier alpha value is -0.650. The maximum atomic E-state index is 12.2. The van der Waals surface area contributed by atoms with Crippen LogP contribution in [0.25, 0.3) is 0 Å². The van der Waals surface area contributed by atoms with Crippen molar-refractivity contribution < 1.29 is 14.6 Å². The van der Waals surface area contributed by atoms with Gasteiger partial charge in [-0.15, -0.1) is 0 Å². The highest BCUT2D eigenvalue weighted by atomic mass is 16.5. The topological polar surface area (TPSA) is 53.0 Å². The highest BCUT2D eigenvalue weighted by Gasteiger charge is 2.29. The zero-order chi connectivity index (χ0) is 13.0. The van der Waals surface area contributed by atoms with Crippen LogP contribution in [0.2, 0.25) is 0 Å². The third-order valence-corrected chi connectivity index (χ3v) is 3.87. The van der Waals surface area contributed by atoms with Gasteiger partial charge in [-0.2, -0.15) is 0 Å². The molecule has 104 valence electrons. The first-order valence-corrected chi connectivity index (χ1v) is 6.95. The fourth-order valence-electron chi connectivity index (χ4n) is 2.68. The van der Waals surface area contributed by atoms with Gasteiger partial charge >= 0.3 is 0 Å². The molecule has 2 fully saturated rings. The number of rotatable bonds is 4. The lowest BCUT2D eigenvalue weighted by atomic mass is 10.2. The second-order valence-corrected chi connectivity index (χ2v) is 5.33. The van der Waals surface area contributed by atoms with E-state index in [1.165, 1.54) is 12.8 Å². The standard InChI is InChI=1S/C13H24N2O3/c1-11-10-18-12(9-16)8-15(11)13(17)4-7-14-5-2-3-6-14/h11-12,16H,2-10H2,1H3. The fraction of sp³-hybridized carbons (Fsp3) is 0.923. The zero-order valence-corrected chi connectivity index (χ0v) is 11.2. The molecule has 0 bridgehead atoms. The van der Waals surface area contributed by atoms with Crippen LogP contribution in [0.3, 0.4) is 0 Å². The van der Waals surface area contributed by atoms with E-state index in [2.05, 4.69) is 4.90 Å². The number of aliphatic hydroxyl groups is 1. The Morgan fingerprint density at radius 3 is 2.78 bits per heavy atom. The first kappa shape index (κ1) is 13.8. The van der Waals surface area contributed by atoms with Gasteiger partial charge in [0, 0.05) is 19.5 Å². The van der Waals surface area contributed by atoms with Crippen LogP contribution in [0.4, 0.5) is 0 Å². The van der Waals surface area contributed by atoms with Gasteiger partial charge in [-0.05, 0) is 32.9 Å². The van der Waals surface area contributed by atoms with Crippen LogP contribution in [-0.2, 0) is 9.53 Å². The van der Waals surface area contributed by atoms with Crippen molar-refractivity contribution in [2.24, 2.45) is 0 Å². The molecule has 1 amide bonds. The van der Waals surface area contributed by atoms with Gasteiger partial charge in [-0.1, -0.05) is 0 Å². The minimum atomic E-state index is -0.211. The first-order valence-electron chi connectivity index (χ1n) is 6.95. The highest BCUT2D eigenvalue weighted by molar-refractivity contribution is 5.76. The van der Waals surface area contributed by atoms with Gasteiger partial charge in [0.1, 0.15) is 0 Å². The number of hydrogen-bond acceptors (Lipinski definition) is 4. The molecule has 2 aliphatic rings. The van der Waals surface area contributed by atoms with E-state index >= 15 is 0 Å². The van der Waals surface area contributed by atoms with Crippen LogP contribution in [0.1, 0.15) is 26.2 Å². The summed E-state index contributed by atoms with van der Waals surface area (Å²) in [5, 5.41) is 9.11. The molecular formula is C13H24N2O3. The van der Waals surface area contributed by atoms with E-state index in [0.29, 0.717) is 19.6 Å². The normalized spacial score (nSPS) is 29.8. The molecule has 1 N–H and O–H groups in total. The number of ether oxygens (including phenoxy) is 1. The van der Waals surface area contributed by atoms with Gasteiger partial charge in [0.15, 0.2) is 0 Å². The molecule has 0 aliphatic carbocycles. The number of nitrogens with zero attached hydrogens (tertiary/aromatic N) is 2. The van der Waals surface area contributed by atoms with E-state index in [9.17, 15) is 4.79 Å². The SMILES string of the molecule is CC1COC(CO)CN1C(=O)CCN1CCCC1. The van der Waals surface area contributed by atoms with Crippen molar-refractivity contribution in [3.05, 3.63) is 0 Å². The average molecular weight is 256 g/mol. The lowest BCUT2D eigenvalue weighted by Crippen LogP contribution is -2.52. The minimum Gasteiger partial charge on any atom is -0.394 e. The van der Waals surface area contributed by atoms with Crippen molar-refractivity contribution in [2.75, 3.05) is 39.4 Å². The van der Waals surface area contributed by atoms with E-state index in [1.807, 2.05) is 11.8 Å². The van der Waals surface area contributed by atoms with E-state index in [0.717, 1.165) is 19.6 Å².